The average Bonchev–Trinajstić information content (AvgIpc) is 2.91. The standard InChI is InChI=1S/C18H19NOS/c1-2-3-4-7-14-10-12-15(13-11-14)20-18-19-16-8-5-6-9-17(16)21-18/h5-6,8-13H,2-4,7H2,1H3. The van der Waals surface area contributed by atoms with Crippen molar-refractivity contribution in [2.24, 2.45) is 0 Å². The van der Waals surface area contributed by atoms with Gasteiger partial charge in [-0.25, -0.2) is 4.98 Å². The Labute approximate surface area is 129 Å². The lowest BCUT2D eigenvalue weighted by molar-refractivity contribution is 0.480. The summed E-state index contributed by atoms with van der Waals surface area (Å²) in [5.74, 6) is 0.855. The van der Waals surface area contributed by atoms with Crippen LogP contribution in [-0.4, -0.2) is 4.98 Å². The molecule has 0 amide bonds. The van der Waals surface area contributed by atoms with E-state index in [0.717, 1.165) is 22.4 Å². The summed E-state index contributed by atoms with van der Waals surface area (Å²) in [6, 6.07) is 16.5. The molecule has 21 heavy (non-hydrogen) atoms. The fourth-order valence-electron chi connectivity index (χ4n) is 2.30. The Kier molecular flexibility index (Phi) is 4.51. The van der Waals surface area contributed by atoms with Crippen molar-refractivity contribution in [1.29, 1.82) is 0 Å². The first-order chi connectivity index (χ1) is 10.3. The fraction of sp³-hybridized carbons (Fsp3) is 0.278. The highest BCUT2D eigenvalue weighted by molar-refractivity contribution is 7.20. The number of thiazole rings is 1. The second-order valence-corrected chi connectivity index (χ2v) is 6.14. The van der Waals surface area contributed by atoms with Crippen molar-refractivity contribution in [3.8, 4) is 10.9 Å². The van der Waals surface area contributed by atoms with Crippen LogP contribution in [-0.2, 0) is 6.42 Å². The molecule has 0 saturated heterocycles. The van der Waals surface area contributed by atoms with Gasteiger partial charge in [0.25, 0.3) is 5.19 Å². The second-order valence-electron chi connectivity index (χ2n) is 5.15. The molecule has 0 aliphatic rings. The van der Waals surface area contributed by atoms with Crippen molar-refractivity contribution in [2.75, 3.05) is 0 Å². The predicted octanol–water partition coefficient (Wildman–Crippen LogP) is 5.82. The van der Waals surface area contributed by atoms with Gasteiger partial charge >= 0.3 is 0 Å². The van der Waals surface area contributed by atoms with E-state index < -0.39 is 0 Å². The molecule has 108 valence electrons. The number of nitrogens with zero attached hydrogens (tertiary/aromatic N) is 1. The average molecular weight is 297 g/mol. The summed E-state index contributed by atoms with van der Waals surface area (Å²) in [7, 11) is 0. The number of hydrogen-bond donors (Lipinski definition) is 0. The first-order valence-electron chi connectivity index (χ1n) is 7.47. The van der Waals surface area contributed by atoms with E-state index in [4.69, 9.17) is 4.74 Å². The summed E-state index contributed by atoms with van der Waals surface area (Å²) in [4.78, 5) is 4.49. The van der Waals surface area contributed by atoms with Crippen molar-refractivity contribution in [1.82, 2.24) is 4.98 Å². The normalized spacial score (nSPS) is 10.9. The summed E-state index contributed by atoms with van der Waals surface area (Å²) < 4.78 is 7.01. The Morgan fingerprint density at radius 1 is 1.00 bits per heavy atom. The van der Waals surface area contributed by atoms with E-state index in [2.05, 4.69) is 30.1 Å². The minimum Gasteiger partial charge on any atom is -0.431 e. The number of ether oxygens (including phenoxy) is 1. The topological polar surface area (TPSA) is 22.1 Å². The first kappa shape index (κ1) is 14.1. The van der Waals surface area contributed by atoms with Gasteiger partial charge in [-0.3, -0.25) is 0 Å². The SMILES string of the molecule is CCCCCc1ccc(Oc2nc3ccccc3s2)cc1. The summed E-state index contributed by atoms with van der Waals surface area (Å²) in [5.41, 5.74) is 2.37. The summed E-state index contributed by atoms with van der Waals surface area (Å²) in [5, 5.41) is 0.704. The van der Waals surface area contributed by atoms with Gasteiger partial charge in [-0.1, -0.05) is 55.4 Å². The monoisotopic (exact) mass is 297 g/mol. The van der Waals surface area contributed by atoms with Crippen molar-refractivity contribution >= 4 is 21.6 Å². The zero-order chi connectivity index (χ0) is 14.5. The molecule has 0 aliphatic carbocycles. The maximum atomic E-state index is 5.85. The van der Waals surface area contributed by atoms with Gasteiger partial charge in [-0.05, 0) is 42.7 Å². The molecule has 0 radical (unpaired) electrons. The highest BCUT2D eigenvalue weighted by atomic mass is 32.1. The molecule has 1 heterocycles. The molecule has 0 bridgehead atoms. The maximum absolute atomic E-state index is 5.85. The van der Waals surface area contributed by atoms with Gasteiger partial charge in [-0.2, -0.15) is 0 Å². The van der Waals surface area contributed by atoms with Crippen LogP contribution in [0.5, 0.6) is 10.9 Å². The van der Waals surface area contributed by atoms with Crippen LogP contribution in [0.2, 0.25) is 0 Å². The molecule has 0 atom stereocenters. The summed E-state index contributed by atoms with van der Waals surface area (Å²) in [6.45, 7) is 2.23. The number of aromatic nitrogens is 1. The van der Waals surface area contributed by atoms with Gasteiger partial charge in [-0.15, -0.1) is 0 Å². The number of unbranched alkanes of at least 4 members (excludes halogenated alkanes) is 2. The molecule has 3 aromatic rings. The third kappa shape index (κ3) is 3.61. The quantitative estimate of drug-likeness (QED) is 0.535. The summed E-state index contributed by atoms with van der Waals surface area (Å²) in [6.07, 6.45) is 4.96. The maximum Gasteiger partial charge on any atom is 0.279 e. The number of hydrogen-bond acceptors (Lipinski definition) is 3. The molecule has 1 aromatic heterocycles. The molecule has 0 fully saturated rings. The molecule has 2 nitrogen and oxygen atoms in total. The van der Waals surface area contributed by atoms with E-state index in [9.17, 15) is 0 Å². The first-order valence-corrected chi connectivity index (χ1v) is 8.29. The van der Waals surface area contributed by atoms with E-state index >= 15 is 0 Å². The Morgan fingerprint density at radius 2 is 1.81 bits per heavy atom. The molecule has 0 N–H and O–H groups in total. The van der Waals surface area contributed by atoms with Gasteiger partial charge in [0.1, 0.15) is 5.75 Å². The van der Waals surface area contributed by atoms with Crippen LogP contribution in [0.25, 0.3) is 10.2 Å². The van der Waals surface area contributed by atoms with Crippen LogP contribution < -0.4 is 4.74 Å². The van der Waals surface area contributed by atoms with Gasteiger partial charge in [0, 0.05) is 0 Å². The highest BCUT2D eigenvalue weighted by Crippen LogP contribution is 2.31. The van der Waals surface area contributed by atoms with Crippen molar-refractivity contribution in [3.05, 3.63) is 54.1 Å². The Morgan fingerprint density at radius 3 is 2.57 bits per heavy atom. The van der Waals surface area contributed by atoms with E-state index in [1.165, 1.54) is 24.8 Å². The Balaban J connectivity index is 1.67. The van der Waals surface area contributed by atoms with Crippen LogP contribution in [0.4, 0.5) is 0 Å². The van der Waals surface area contributed by atoms with Crippen LogP contribution in [0.1, 0.15) is 31.7 Å². The van der Waals surface area contributed by atoms with E-state index in [1.54, 1.807) is 11.3 Å². The van der Waals surface area contributed by atoms with Gasteiger partial charge in [0.05, 0.1) is 10.2 Å². The fourth-order valence-corrected chi connectivity index (χ4v) is 3.13. The lowest BCUT2D eigenvalue weighted by atomic mass is 10.1. The Bertz CT molecular complexity index is 670. The van der Waals surface area contributed by atoms with Crippen LogP contribution in [0.3, 0.4) is 0 Å². The van der Waals surface area contributed by atoms with E-state index in [1.807, 2.05) is 30.3 Å². The van der Waals surface area contributed by atoms with Crippen LogP contribution >= 0.6 is 11.3 Å². The molecular weight excluding hydrogens is 278 g/mol. The lowest BCUT2D eigenvalue weighted by Gasteiger charge is -2.04. The predicted molar refractivity (Wildman–Crippen MR) is 89.4 cm³/mol. The molecule has 3 heteroatoms. The molecule has 0 saturated carbocycles. The van der Waals surface area contributed by atoms with Crippen molar-refractivity contribution < 1.29 is 4.74 Å². The van der Waals surface area contributed by atoms with Crippen LogP contribution in [0, 0.1) is 0 Å². The number of aryl methyl sites for hydroxylation is 1. The van der Waals surface area contributed by atoms with E-state index in [-0.39, 0.29) is 0 Å². The number of benzene rings is 2. The molecular formula is C18H19NOS. The molecule has 3 rings (SSSR count). The molecule has 0 unspecified atom stereocenters. The Hall–Kier alpha value is -1.87. The smallest absolute Gasteiger partial charge is 0.279 e. The third-order valence-electron chi connectivity index (χ3n) is 3.47. The molecule has 2 aromatic carbocycles. The number of para-hydroxylation sites is 1. The minimum absolute atomic E-state index is 0.704. The molecule has 0 spiro atoms. The highest BCUT2D eigenvalue weighted by Gasteiger charge is 2.05. The number of rotatable bonds is 6. The zero-order valence-electron chi connectivity index (χ0n) is 12.2. The van der Waals surface area contributed by atoms with Gasteiger partial charge in [0.15, 0.2) is 0 Å². The third-order valence-corrected chi connectivity index (χ3v) is 4.39. The van der Waals surface area contributed by atoms with Crippen molar-refractivity contribution in [2.45, 2.75) is 32.6 Å². The summed E-state index contributed by atoms with van der Waals surface area (Å²) >= 11 is 1.58. The second kappa shape index (κ2) is 6.72. The number of fused-ring (bicyclic) bond motifs is 1. The van der Waals surface area contributed by atoms with Crippen molar-refractivity contribution in [3.63, 3.8) is 0 Å². The molecule has 0 aliphatic heterocycles. The van der Waals surface area contributed by atoms with E-state index in [0.29, 0.717) is 5.19 Å². The van der Waals surface area contributed by atoms with Crippen LogP contribution in [0.15, 0.2) is 48.5 Å². The van der Waals surface area contributed by atoms with Gasteiger partial charge in [0.2, 0.25) is 0 Å². The zero-order valence-corrected chi connectivity index (χ0v) is 13.0. The largest absolute Gasteiger partial charge is 0.431 e. The lowest BCUT2D eigenvalue weighted by Crippen LogP contribution is -1.87. The minimum atomic E-state index is 0.704. The van der Waals surface area contributed by atoms with Gasteiger partial charge < -0.3 is 4.74 Å².